The maximum absolute atomic E-state index is 5.47. The summed E-state index contributed by atoms with van der Waals surface area (Å²) < 4.78 is 10.8. The molecule has 0 aromatic carbocycles. The number of likely N-dealkylation sites (tertiary alicyclic amines) is 2. The maximum atomic E-state index is 5.47. The van der Waals surface area contributed by atoms with Crippen molar-refractivity contribution in [3.63, 3.8) is 0 Å². The number of nitrogens with zero attached hydrogens (tertiary/aromatic N) is 2. The van der Waals surface area contributed by atoms with Crippen LogP contribution in [0.2, 0.25) is 0 Å². The summed E-state index contributed by atoms with van der Waals surface area (Å²) in [4.78, 5) is 5.22. The molecule has 1 unspecified atom stereocenters. The summed E-state index contributed by atoms with van der Waals surface area (Å²) in [6, 6.07) is 2.82. The van der Waals surface area contributed by atoms with Crippen molar-refractivity contribution in [3.05, 3.63) is 22.4 Å². The zero-order valence-corrected chi connectivity index (χ0v) is 15.3. The van der Waals surface area contributed by atoms with Crippen LogP contribution >= 0.6 is 11.3 Å². The molecular weight excluding hydrogens is 308 g/mol. The summed E-state index contributed by atoms with van der Waals surface area (Å²) in [6.07, 6.45) is 3.93. The highest BCUT2D eigenvalue weighted by Gasteiger charge is 2.45. The second-order valence-corrected chi connectivity index (χ2v) is 7.96. The summed E-state index contributed by atoms with van der Waals surface area (Å²) in [6.45, 7) is 7.50. The minimum atomic E-state index is 0.502. The smallest absolute Gasteiger partial charge is 0.0618 e. The van der Waals surface area contributed by atoms with Crippen molar-refractivity contribution in [3.8, 4) is 0 Å². The quantitative estimate of drug-likeness (QED) is 0.763. The Hall–Kier alpha value is -0.460. The Balaban J connectivity index is 1.54. The van der Waals surface area contributed by atoms with Gasteiger partial charge in [0, 0.05) is 39.9 Å². The van der Waals surface area contributed by atoms with E-state index < -0.39 is 0 Å². The Morgan fingerprint density at radius 1 is 1.26 bits per heavy atom. The van der Waals surface area contributed by atoms with Gasteiger partial charge in [-0.2, -0.15) is 11.3 Å². The highest BCUT2D eigenvalue weighted by atomic mass is 32.1. The topological polar surface area (TPSA) is 24.9 Å². The Labute approximate surface area is 144 Å². The Morgan fingerprint density at radius 2 is 2.09 bits per heavy atom. The maximum Gasteiger partial charge on any atom is 0.0618 e. The van der Waals surface area contributed by atoms with Gasteiger partial charge in [-0.25, -0.2) is 0 Å². The molecule has 23 heavy (non-hydrogen) atoms. The van der Waals surface area contributed by atoms with Crippen LogP contribution in [0.3, 0.4) is 0 Å². The lowest BCUT2D eigenvalue weighted by Gasteiger charge is -2.39. The molecule has 0 radical (unpaired) electrons. The van der Waals surface area contributed by atoms with E-state index in [1.807, 2.05) is 7.11 Å². The number of hydrogen-bond acceptors (Lipinski definition) is 5. The molecule has 0 N–H and O–H groups in total. The first-order chi connectivity index (χ1) is 11.2. The lowest BCUT2D eigenvalue weighted by atomic mass is 9.76. The van der Waals surface area contributed by atoms with Crippen molar-refractivity contribution in [2.75, 3.05) is 53.6 Å². The van der Waals surface area contributed by atoms with E-state index >= 15 is 0 Å². The molecule has 5 heteroatoms. The molecule has 2 fully saturated rings. The lowest BCUT2D eigenvalue weighted by Crippen LogP contribution is -2.41. The summed E-state index contributed by atoms with van der Waals surface area (Å²) in [5.74, 6) is 0. The number of ether oxygens (including phenoxy) is 2. The zero-order chi connectivity index (χ0) is 16.1. The third kappa shape index (κ3) is 4.34. The number of hydrogen-bond donors (Lipinski definition) is 0. The van der Waals surface area contributed by atoms with E-state index in [4.69, 9.17) is 9.47 Å². The predicted octanol–water partition coefficient (Wildman–Crippen LogP) is 2.70. The highest BCUT2D eigenvalue weighted by molar-refractivity contribution is 7.07. The van der Waals surface area contributed by atoms with Crippen LogP contribution in [0.5, 0.6) is 0 Å². The Kier molecular flexibility index (Phi) is 6.10. The molecule has 0 bridgehead atoms. The normalized spacial score (nSPS) is 25.4. The monoisotopic (exact) mass is 338 g/mol. The van der Waals surface area contributed by atoms with E-state index in [1.165, 1.54) is 44.5 Å². The number of methoxy groups -OCH3 is 2. The summed E-state index contributed by atoms with van der Waals surface area (Å²) in [5.41, 5.74) is 1.97. The van der Waals surface area contributed by atoms with Crippen LogP contribution in [0.4, 0.5) is 0 Å². The van der Waals surface area contributed by atoms with Crippen molar-refractivity contribution in [1.29, 1.82) is 0 Å². The molecule has 0 aliphatic carbocycles. The molecule has 2 saturated heterocycles. The summed E-state index contributed by atoms with van der Waals surface area (Å²) in [5, 5.41) is 4.46. The average Bonchev–Trinajstić information content (AvgIpc) is 3.17. The number of piperidine rings is 1. The van der Waals surface area contributed by atoms with E-state index in [9.17, 15) is 0 Å². The minimum absolute atomic E-state index is 0.502. The lowest BCUT2D eigenvalue weighted by molar-refractivity contribution is 0.0858. The third-order valence-corrected chi connectivity index (χ3v) is 6.30. The molecule has 3 rings (SSSR count). The van der Waals surface area contributed by atoms with Gasteiger partial charge >= 0.3 is 0 Å². The van der Waals surface area contributed by atoms with Gasteiger partial charge in [-0.15, -0.1) is 0 Å². The van der Waals surface area contributed by atoms with Crippen LogP contribution in [-0.4, -0.2) is 69.5 Å². The highest BCUT2D eigenvalue weighted by Crippen LogP contribution is 2.43. The molecular formula is C18H30N2O2S. The summed E-state index contributed by atoms with van der Waals surface area (Å²) in [7, 11) is 3.61. The van der Waals surface area contributed by atoms with Crippen molar-refractivity contribution < 1.29 is 9.47 Å². The molecule has 1 atom stereocenters. The summed E-state index contributed by atoms with van der Waals surface area (Å²) >= 11 is 1.80. The largest absolute Gasteiger partial charge is 0.383 e. The van der Waals surface area contributed by atoms with E-state index in [0.29, 0.717) is 11.5 Å². The van der Waals surface area contributed by atoms with Gasteiger partial charge in [0.1, 0.15) is 0 Å². The van der Waals surface area contributed by atoms with Crippen molar-refractivity contribution in [2.24, 2.45) is 5.41 Å². The SMILES string of the molecule is COCCN1CC2(CCN(Cc3ccsc3)CC2)CC1COC. The van der Waals surface area contributed by atoms with Crippen LogP contribution in [0.1, 0.15) is 24.8 Å². The first-order valence-electron chi connectivity index (χ1n) is 8.70. The number of rotatable bonds is 7. The fraction of sp³-hybridized carbons (Fsp3) is 0.778. The molecule has 1 spiro atoms. The van der Waals surface area contributed by atoms with Crippen molar-refractivity contribution in [1.82, 2.24) is 9.80 Å². The van der Waals surface area contributed by atoms with E-state index in [1.54, 1.807) is 18.4 Å². The van der Waals surface area contributed by atoms with Gasteiger partial charge in [0.15, 0.2) is 0 Å². The minimum Gasteiger partial charge on any atom is -0.383 e. The van der Waals surface area contributed by atoms with Crippen LogP contribution in [0, 0.1) is 5.41 Å². The third-order valence-electron chi connectivity index (χ3n) is 5.57. The molecule has 1 aromatic rings. The van der Waals surface area contributed by atoms with Crippen molar-refractivity contribution in [2.45, 2.75) is 31.8 Å². The van der Waals surface area contributed by atoms with Crippen LogP contribution in [0.15, 0.2) is 16.8 Å². The van der Waals surface area contributed by atoms with Gasteiger partial charge in [-0.1, -0.05) is 0 Å². The molecule has 130 valence electrons. The Bertz CT molecular complexity index is 458. The molecule has 3 heterocycles. The van der Waals surface area contributed by atoms with Crippen LogP contribution in [-0.2, 0) is 16.0 Å². The van der Waals surface area contributed by atoms with E-state index in [2.05, 4.69) is 26.6 Å². The molecule has 1 aromatic heterocycles. The van der Waals surface area contributed by atoms with E-state index in [-0.39, 0.29) is 0 Å². The molecule has 0 saturated carbocycles. The molecule has 4 nitrogen and oxygen atoms in total. The van der Waals surface area contributed by atoms with Crippen LogP contribution < -0.4 is 0 Å². The predicted molar refractivity (Wildman–Crippen MR) is 95.0 cm³/mol. The van der Waals surface area contributed by atoms with Gasteiger partial charge in [-0.05, 0) is 60.2 Å². The van der Waals surface area contributed by atoms with Gasteiger partial charge in [0.25, 0.3) is 0 Å². The second kappa shape index (κ2) is 8.08. The van der Waals surface area contributed by atoms with Gasteiger partial charge in [-0.3, -0.25) is 9.80 Å². The fourth-order valence-corrected chi connectivity index (χ4v) is 4.93. The first-order valence-corrected chi connectivity index (χ1v) is 9.64. The average molecular weight is 339 g/mol. The molecule has 2 aliphatic heterocycles. The van der Waals surface area contributed by atoms with Crippen LogP contribution in [0.25, 0.3) is 0 Å². The zero-order valence-electron chi connectivity index (χ0n) is 14.5. The van der Waals surface area contributed by atoms with Crippen molar-refractivity contribution >= 4 is 11.3 Å². The molecule has 0 amide bonds. The van der Waals surface area contributed by atoms with Gasteiger partial charge < -0.3 is 9.47 Å². The van der Waals surface area contributed by atoms with Gasteiger partial charge in [0.2, 0.25) is 0 Å². The van der Waals surface area contributed by atoms with E-state index in [0.717, 1.165) is 26.3 Å². The van der Waals surface area contributed by atoms with Gasteiger partial charge in [0.05, 0.1) is 13.2 Å². The second-order valence-electron chi connectivity index (χ2n) is 7.18. The Morgan fingerprint density at radius 3 is 2.74 bits per heavy atom. The first kappa shape index (κ1) is 17.4. The standard InChI is InChI=1S/C18H30N2O2S/c1-21-9-8-20-15-18(11-17(20)13-22-2)4-6-19(7-5-18)12-16-3-10-23-14-16/h3,10,14,17H,4-9,11-13,15H2,1-2H3. The number of thiophene rings is 1. The molecule has 2 aliphatic rings. The fourth-order valence-electron chi connectivity index (χ4n) is 4.27.